The van der Waals surface area contributed by atoms with E-state index in [-0.39, 0.29) is 6.04 Å². The maximum absolute atomic E-state index is 11.4. The Balaban J connectivity index is 2.42. The largest absolute Gasteiger partial charge is 0.271 e. The maximum Gasteiger partial charge on any atom is 0.150 e. The molecule has 1 aliphatic rings. The van der Waals surface area contributed by atoms with Crippen molar-refractivity contribution in [3.63, 3.8) is 0 Å². The molecule has 0 radical (unpaired) electrons. The van der Waals surface area contributed by atoms with Gasteiger partial charge in [-0.2, -0.15) is 0 Å². The molecule has 2 atom stereocenters. The lowest BCUT2D eigenvalue weighted by Crippen LogP contribution is -2.38. The van der Waals surface area contributed by atoms with Crippen molar-refractivity contribution in [3.05, 3.63) is 0 Å². The highest BCUT2D eigenvalue weighted by Gasteiger charge is 2.29. The van der Waals surface area contributed by atoms with E-state index in [9.17, 15) is 8.42 Å². The lowest BCUT2D eigenvalue weighted by Gasteiger charge is -2.23. The summed E-state index contributed by atoms with van der Waals surface area (Å²) >= 11 is 0. The molecule has 0 aromatic rings. The van der Waals surface area contributed by atoms with Gasteiger partial charge in [-0.3, -0.25) is 11.3 Å². The maximum atomic E-state index is 11.4. The zero-order valence-corrected chi connectivity index (χ0v) is 11.8. The number of nitrogens with one attached hydrogen (secondary N) is 1. The van der Waals surface area contributed by atoms with Crippen molar-refractivity contribution in [1.29, 1.82) is 0 Å². The van der Waals surface area contributed by atoms with E-state index in [1.54, 1.807) is 0 Å². The molecule has 1 saturated heterocycles. The predicted octanol–water partition coefficient (Wildman–Crippen LogP) is 1.47. The lowest BCUT2D eigenvalue weighted by atomic mass is 9.89. The SMILES string of the molecule is CCC(CC)CC(CC1CCS(=O)(=O)C1)NN. The summed E-state index contributed by atoms with van der Waals surface area (Å²) < 4.78 is 22.8. The molecule has 1 fully saturated rings. The van der Waals surface area contributed by atoms with Crippen molar-refractivity contribution in [2.24, 2.45) is 17.7 Å². The van der Waals surface area contributed by atoms with E-state index in [0.717, 1.165) is 32.1 Å². The Morgan fingerprint density at radius 2 is 2.00 bits per heavy atom. The van der Waals surface area contributed by atoms with Crippen LogP contribution < -0.4 is 11.3 Å². The summed E-state index contributed by atoms with van der Waals surface area (Å²) in [6.07, 6.45) is 5.09. The quantitative estimate of drug-likeness (QED) is 0.538. The average molecular weight is 262 g/mol. The molecule has 4 nitrogen and oxygen atoms in total. The summed E-state index contributed by atoms with van der Waals surface area (Å²) in [6.45, 7) is 4.39. The van der Waals surface area contributed by atoms with E-state index < -0.39 is 9.84 Å². The highest BCUT2D eigenvalue weighted by molar-refractivity contribution is 7.91. The van der Waals surface area contributed by atoms with Crippen LogP contribution in [-0.4, -0.2) is 26.0 Å². The Morgan fingerprint density at radius 1 is 1.35 bits per heavy atom. The van der Waals surface area contributed by atoms with Crippen molar-refractivity contribution < 1.29 is 8.42 Å². The van der Waals surface area contributed by atoms with Gasteiger partial charge in [-0.1, -0.05) is 26.7 Å². The summed E-state index contributed by atoms with van der Waals surface area (Å²) in [6, 6.07) is 0.262. The molecule has 0 saturated carbocycles. The minimum atomic E-state index is -2.76. The Labute approximate surface area is 105 Å². The Morgan fingerprint density at radius 3 is 2.41 bits per heavy atom. The van der Waals surface area contributed by atoms with Gasteiger partial charge < -0.3 is 0 Å². The highest BCUT2D eigenvalue weighted by Crippen LogP contribution is 2.26. The van der Waals surface area contributed by atoms with Gasteiger partial charge in [0, 0.05) is 6.04 Å². The fraction of sp³-hybridized carbons (Fsp3) is 1.00. The molecule has 0 aromatic heterocycles. The van der Waals surface area contributed by atoms with Crippen LogP contribution in [0.4, 0.5) is 0 Å². The second kappa shape index (κ2) is 6.71. The molecule has 5 heteroatoms. The number of nitrogens with two attached hydrogens (primary N) is 1. The molecule has 0 amide bonds. The summed E-state index contributed by atoms with van der Waals surface area (Å²) in [5.74, 6) is 7.28. The first-order valence-electron chi connectivity index (χ1n) is 6.67. The highest BCUT2D eigenvalue weighted by atomic mass is 32.2. The number of hydrogen-bond acceptors (Lipinski definition) is 4. The van der Waals surface area contributed by atoms with Gasteiger partial charge in [0.1, 0.15) is 0 Å². The van der Waals surface area contributed by atoms with Crippen molar-refractivity contribution in [3.8, 4) is 0 Å². The van der Waals surface area contributed by atoms with Crippen LogP contribution in [0.1, 0.15) is 46.0 Å². The van der Waals surface area contributed by atoms with Crippen LogP contribution in [0.2, 0.25) is 0 Å². The zero-order chi connectivity index (χ0) is 12.9. The van der Waals surface area contributed by atoms with E-state index >= 15 is 0 Å². The van der Waals surface area contributed by atoms with Gasteiger partial charge in [-0.05, 0) is 31.1 Å². The molecule has 0 bridgehead atoms. The first-order valence-corrected chi connectivity index (χ1v) is 8.49. The molecule has 2 unspecified atom stereocenters. The average Bonchev–Trinajstić information content (AvgIpc) is 2.64. The third-order valence-corrected chi connectivity index (χ3v) is 5.79. The van der Waals surface area contributed by atoms with Crippen LogP contribution in [0.15, 0.2) is 0 Å². The first-order chi connectivity index (χ1) is 8.00. The number of hydrazine groups is 1. The topological polar surface area (TPSA) is 72.2 Å². The normalized spacial score (nSPS) is 25.3. The van der Waals surface area contributed by atoms with Gasteiger partial charge in [0.05, 0.1) is 11.5 Å². The fourth-order valence-corrected chi connectivity index (χ4v) is 4.60. The van der Waals surface area contributed by atoms with Crippen LogP contribution >= 0.6 is 0 Å². The van der Waals surface area contributed by atoms with Crippen LogP contribution in [0.5, 0.6) is 0 Å². The van der Waals surface area contributed by atoms with Gasteiger partial charge in [-0.15, -0.1) is 0 Å². The molecule has 1 aliphatic heterocycles. The van der Waals surface area contributed by atoms with E-state index in [0.29, 0.717) is 23.3 Å². The van der Waals surface area contributed by atoms with E-state index in [4.69, 9.17) is 5.84 Å². The van der Waals surface area contributed by atoms with Gasteiger partial charge in [-0.25, -0.2) is 8.42 Å². The molecule has 1 rings (SSSR count). The smallest absolute Gasteiger partial charge is 0.150 e. The van der Waals surface area contributed by atoms with Crippen LogP contribution in [0, 0.1) is 11.8 Å². The van der Waals surface area contributed by atoms with Crippen molar-refractivity contribution in [2.45, 2.75) is 52.0 Å². The molecule has 3 N–H and O–H groups in total. The van der Waals surface area contributed by atoms with E-state index in [1.165, 1.54) is 0 Å². The Kier molecular flexibility index (Phi) is 5.89. The summed E-state index contributed by atoms with van der Waals surface area (Å²) in [4.78, 5) is 0. The predicted molar refractivity (Wildman–Crippen MR) is 71.2 cm³/mol. The Bertz CT molecular complexity index is 312. The summed E-state index contributed by atoms with van der Waals surface area (Å²) in [5, 5.41) is 0. The van der Waals surface area contributed by atoms with Crippen LogP contribution in [-0.2, 0) is 9.84 Å². The van der Waals surface area contributed by atoms with Crippen LogP contribution in [0.25, 0.3) is 0 Å². The zero-order valence-electron chi connectivity index (χ0n) is 11.0. The molecule has 0 aliphatic carbocycles. The van der Waals surface area contributed by atoms with Crippen molar-refractivity contribution in [2.75, 3.05) is 11.5 Å². The molecule has 0 spiro atoms. The second-order valence-corrected chi connectivity index (χ2v) is 7.52. The van der Waals surface area contributed by atoms with E-state index in [2.05, 4.69) is 19.3 Å². The lowest BCUT2D eigenvalue weighted by molar-refractivity contribution is 0.323. The third-order valence-electron chi connectivity index (χ3n) is 3.95. The Hall–Kier alpha value is -0.130. The second-order valence-electron chi connectivity index (χ2n) is 5.29. The number of sulfone groups is 1. The fourth-order valence-electron chi connectivity index (χ4n) is 2.72. The summed E-state index contributed by atoms with van der Waals surface area (Å²) in [5.41, 5.74) is 2.86. The number of rotatable bonds is 7. The molecule has 102 valence electrons. The van der Waals surface area contributed by atoms with Gasteiger partial charge in [0.2, 0.25) is 0 Å². The molecule has 0 aromatic carbocycles. The summed E-state index contributed by atoms with van der Waals surface area (Å²) in [7, 11) is -2.76. The van der Waals surface area contributed by atoms with Gasteiger partial charge in [0.25, 0.3) is 0 Å². The standard InChI is InChI=1S/C12H26N2O2S/c1-3-10(4-2)7-12(14-13)8-11-5-6-17(15,16)9-11/h10-12,14H,3-9,13H2,1-2H3. The van der Waals surface area contributed by atoms with Crippen molar-refractivity contribution in [1.82, 2.24) is 5.43 Å². The van der Waals surface area contributed by atoms with E-state index in [1.807, 2.05) is 0 Å². The first kappa shape index (κ1) is 14.9. The van der Waals surface area contributed by atoms with Crippen molar-refractivity contribution >= 4 is 9.84 Å². The third kappa shape index (κ3) is 4.94. The molecular formula is C12H26N2O2S. The molecular weight excluding hydrogens is 236 g/mol. The minimum absolute atomic E-state index is 0.262. The minimum Gasteiger partial charge on any atom is -0.271 e. The molecule has 1 heterocycles. The van der Waals surface area contributed by atoms with Gasteiger partial charge in [0.15, 0.2) is 9.84 Å². The van der Waals surface area contributed by atoms with Crippen LogP contribution in [0.3, 0.4) is 0 Å². The van der Waals surface area contributed by atoms with Gasteiger partial charge >= 0.3 is 0 Å². The monoisotopic (exact) mass is 262 g/mol. The molecule has 17 heavy (non-hydrogen) atoms. The number of hydrogen-bond donors (Lipinski definition) is 2.